The van der Waals surface area contributed by atoms with Gasteiger partial charge in [0.25, 0.3) is 5.91 Å². The van der Waals surface area contributed by atoms with Gasteiger partial charge in [0, 0.05) is 35.8 Å². The predicted octanol–water partition coefficient (Wildman–Crippen LogP) is 4.67. The van der Waals surface area contributed by atoms with Crippen molar-refractivity contribution < 1.29 is 23.1 Å². The molecule has 0 bridgehead atoms. The van der Waals surface area contributed by atoms with Gasteiger partial charge >= 0.3 is 6.18 Å². The van der Waals surface area contributed by atoms with Crippen molar-refractivity contribution in [3.8, 4) is 17.6 Å². The van der Waals surface area contributed by atoms with E-state index in [9.17, 15) is 23.1 Å². The number of anilines is 2. The van der Waals surface area contributed by atoms with Crippen molar-refractivity contribution in [3.63, 3.8) is 0 Å². The lowest BCUT2D eigenvalue weighted by atomic mass is 9.91. The third-order valence-corrected chi connectivity index (χ3v) is 6.85. The van der Waals surface area contributed by atoms with E-state index in [1.807, 2.05) is 13.1 Å². The van der Waals surface area contributed by atoms with Crippen molar-refractivity contribution >= 4 is 28.2 Å². The van der Waals surface area contributed by atoms with Crippen molar-refractivity contribution in [1.29, 1.82) is 0 Å². The molecule has 5 N–H and O–H groups in total. The van der Waals surface area contributed by atoms with Crippen LogP contribution in [0, 0.1) is 11.8 Å². The Bertz CT molecular complexity index is 1350. The minimum Gasteiger partial charge on any atom is -0.506 e. The molecule has 0 atom stereocenters. The van der Waals surface area contributed by atoms with Crippen molar-refractivity contribution in [3.05, 3.63) is 53.7 Å². The SMILES string of the molecule is CNC(=O)c1ccc(NCC#Cc2cc3c(N[C@H]4CC[C@H](NC)CC4)cccc3n2CC(F)(F)F)c(O)c1. The summed E-state index contributed by atoms with van der Waals surface area (Å²) in [5, 5.41) is 23.2. The lowest BCUT2D eigenvalue weighted by Crippen LogP contribution is -2.34. The summed E-state index contributed by atoms with van der Waals surface area (Å²) in [5.74, 6) is 5.27. The van der Waals surface area contributed by atoms with Gasteiger partial charge in [0.15, 0.2) is 0 Å². The van der Waals surface area contributed by atoms with Gasteiger partial charge in [-0.25, -0.2) is 0 Å². The number of amides is 1. The summed E-state index contributed by atoms with van der Waals surface area (Å²) in [5.41, 5.74) is 2.20. The molecule has 38 heavy (non-hydrogen) atoms. The lowest BCUT2D eigenvalue weighted by molar-refractivity contribution is -0.140. The number of nitrogens with zero attached hydrogens (tertiary/aromatic N) is 1. The molecular formula is C28H32F3N5O2. The third kappa shape index (κ3) is 6.53. The Morgan fingerprint density at radius 1 is 1.05 bits per heavy atom. The summed E-state index contributed by atoms with van der Waals surface area (Å²) in [6.07, 6.45) is -0.338. The first kappa shape index (κ1) is 27.2. The molecule has 1 heterocycles. The maximum atomic E-state index is 13.5. The maximum Gasteiger partial charge on any atom is 0.406 e. The molecule has 1 aliphatic carbocycles. The number of fused-ring (bicyclic) bond motifs is 1. The Morgan fingerprint density at radius 3 is 2.45 bits per heavy atom. The van der Waals surface area contributed by atoms with Gasteiger partial charge in [-0.15, -0.1) is 0 Å². The van der Waals surface area contributed by atoms with Gasteiger partial charge in [0.2, 0.25) is 0 Å². The number of nitrogens with one attached hydrogen (secondary N) is 4. The molecule has 3 aromatic rings. The number of carbonyl (C=O) groups excluding carboxylic acids is 1. The van der Waals surface area contributed by atoms with Crippen LogP contribution in [-0.4, -0.2) is 54.5 Å². The molecule has 0 radical (unpaired) electrons. The van der Waals surface area contributed by atoms with E-state index in [-0.39, 0.29) is 29.9 Å². The van der Waals surface area contributed by atoms with Crippen LogP contribution >= 0.6 is 0 Å². The zero-order valence-corrected chi connectivity index (χ0v) is 21.4. The second-order valence-corrected chi connectivity index (χ2v) is 9.42. The maximum absolute atomic E-state index is 13.5. The van der Waals surface area contributed by atoms with Crippen LogP contribution in [0.15, 0.2) is 42.5 Å². The number of phenolic OH excluding ortho intramolecular Hbond substituents is 1. The van der Waals surface area contributed by atoms with Crippen molar-refractivity contribution in [2.45, 2.75) is 50.5 Å². The molecule has 7 nitrogen and oxygen atoms in total. The summed E-state index contributed by atoms with van der Waals surface area (Å²) >= 11 is 0. The van der Waals surface area contributed by atoms with Gasteiger partial charge in [-0.3, -0.25) is 4.79 Å². The number of phenols is 1. The van der Waals surface area contributed by atoms with E-state index in [0.717, 1.165) is 31.4 Å². The smallest absolute Gasteiger partial charge is 0.406 e. The fraction of sp³-hybridized carbons (Fsp3) is 0.393. The molecule has 1 aliphatic rings. The van der Waals surface area contributed by atoms with Gasteiger partial charge in [-0.1, -0.05) is 12.0 Å². The first-order chi connectivity index (χ1) is 18.2. The van der Waals surface area contributed by atoms with Gasteiger partial charge < -0.3 is 30.9 Å². The molecular weight excluding hydrogens is 495 g/mol. The summed E-state index contributed by atoms with van der Waals surface area (Å²) in [4.78, 5) is 11.7. The second kappa shape index (κ2) is 11.7. The quantitative estimate of drug-likeness (QED) is 0.228. The Labute approximate surface area is 219 Å². The van der Waals surface area contributed by atoms with Gasteiger partial charge in [0.1, 0.15) is 12.3 Å². The Hall–Kier alpha value is -3.84. The molecule has 0 unspecified atom stereocenters. The Kier molecular flexibility index (Phi) is 8.37. The highest BCUT2D eigenvalue weighted by atomic mass is 19.4. The van der Waals surface area contributed by atoms with Crippen LogP contribution in [0.3, 0.4) is 0 Å². The van der Waals surface area contributed by atoms with Crippen molar-refractivity contribution in [2.75, 3.05) is 31.3 Å². The molecule has 0 saturated heterocycles. The fourth-order valence-electron chi connectivity index (χ4n) is 4.85. The second-order valence-electron chi connectivity index (χ2n) is 9.42. The standard InChI is InChI=1S/C28H32F3N5O2/c1-32-19-9-11-20(12-10-19)35-23-6-3-7-25-22(23)16-21(36(25)17-28(29,30)31)5-4-14-34-24-13-8-18(15-26(24)37)27(38)33-2/h3,6-8,13,15-16,19-20,32,34-35,37H,9-12,14,17H2,1-2H3,(H,33,38)/t19-,20-. The van der Waals surface area contributed by atoms with Crippen LogP contribution in [0.2, 0.25) is 0 Å². The molecule has 1 saturated carbocycles. The number of benzene rings is 2. The fourth-order valence-corrected chi connectivity index (χ4v) is 4.85. The molecule has 2 aromatic carbocycles. The van der Waals surface area contributed by atoms with Gasteiger partial charge in [-0.05, 0) is 75.0 Å². The van der Waals surface area contributed by atoms with Crippen LogP contribution in [0.25, 0.3) is 10.9 Å². The van der Waals surface area contributed by atoms with E-state index in [1.165, 1.54) is 17.7 Å². The number of rotatable bonds is 7. The molecule has 10 heteroatoms. The summed E-state index contributed by atoms with van der Waals surface area (Å²) in [6.45, 7) is -1.06. The van der Waals surface area contributed by atoms with E-state index < -0.39 is 12.7 Å². The molecule has 0 spiro atoms. The van der Waals surface area contributed by atoms with Gasteiger partial charge in [0.05, 0.1) is 23.4 Å². The number of aromatic nitrogens is 1. The Morgan fingerprint density at radius 2 is 1.79 bits per heavy atom. The van der Waals surface area contributed by atoms with E-state index >= 15 is 0 Å². The molecule has 1 fully saturated rings. The van der Waals surface area contributed by atoms with Crippen LogP contribution in [-0.2, 0) is 6.54 Å². The average molecular weight is 528 g/mol. The van der Waals surface area contributed by atoms with Gasteiger partial charge in [-0.2, -0.15) is 13.2 Å². The monoisotopic (exact) mass is 527 g/mol. The number of hydrogen-bond acceptors (Lipinski definition) is 5. The molecule has 0 aliphatic heterocycles. The van der Waals surface area contributed by atoms with E-state index in [2.05, 4.69) is 33.1 Å². The van der Waals surface area contributed by atoms with Crippen molar-refractivity contribution in [2.24, 2.45) is 0 Å². The number of hydrogen-bond donors (Lipinski definition) is 5. The van der Waals surface area contributed by atoms with Crippen LogP contribution < -0.4 is 21.3 Å². The highest BCUT2D eigenvalue weighted by Gasteiger charge is 2.30. The largest absolute Gasteiger partial charge is 0.506 e. The minimum atomic E-state index is -4.41. The normalized spacial score (nSPS) is 17.5. The number of aromatic hydroxyl groups is 1. The minimum absolute atomic E-state index is 0.0836. The van der Waals surface area contributed by atoms with E-state index in [1.54, 1.807) is 30.3 Å². The van der Waals surface area contributed by atoms with Crippen LogP contribution in [0.1, 0.15) is 41.7 Å². The molecule has 202 valence electrons. The summed E-state index contributed by atoms with van der Waals surface area (Å²) < 4.78 is 41.6. The molecule has 1 amide bonds. The van der Waals surface area contributed by atoms with E-state index in [0.29, 0.717) is 28.2 Å². The van der Waals surface area contributed by atoms with Crippen molar-refractivity contribution in [1.82, 2.24) is 15.2 Å². The Balaban J connectivity index is 1.55. The number of carbonyl (C=O) groups is 1. The first-order valence-corrected chi connectivity index (χ1v) is 12.6. The number of halogens is 3. The highest BCUT2D eigenvalue weighted by molar-refractivity contribution is 5.95. The highest BCUT2D eigenvalue weighted by Crippen LogP contribution is 2.32. The first-order valence-electron chi connectivity index (χ1n) is 12.6. The zero-order chi connectivity index (χ0) is 27.3. The van der Waals surface area contributed by atoms with E-state index in [4.69, 9.17) is 0 Å². The lowest BCUT2D eigenvalue weighted by Gasteiger charge is -2.29. The van der Waals surface area contributed by atoms with Crippen LogP contribution in [0.4, 0.5) is 24.5 Å². The summed E-state index contributed by atoms with van der Waals surface area (Å²) in [7, 11) is 3.46. The number of alkyl halides is 3. The molecule has 1 aromatic heterocycles. The zero-order valence-electron chi connectivity index (χ0n) is 21.4. The molecule has 4 rings (SSSR count). The third-order valence-electron chi connectivity index (χ3n) is 6.85. The average Bonchev–Trinajstić information content (AvgIpc) is 3.24. The summed E-state index contributed by atoms with van der Waals surface area (Å²) in [6, 6.07) is 12.2. The topological polar surface area (TPSA) is 90.4 Å². The van der Waals surface area contributed by atoms with Crippen LogP contribution in [0.5, 0.6) is 5.75 Å². The predicted molar refractivity (Wildman–Crippen MR) is 144 cm³/mol.